The zero-order valence-electron chi connectivity index (χ0n) is 12.7. The average molecular weight is 283 g/mol. The first-order chi connectivity index (χ1) is 10.3. The van der Waals surface area contributed by atoms with E-state index in [1.807, 2.05) is 0 Å². The summed E-state index contributed by atoms with van der Waals surface area (Å²) in [6.45, 7) is 3.01. The van der Waals surface area contributed by atoms with Crippen LogP contribution >= 0.6 is 0 Å². The Balaban J connectivity index is 1.79. The van der Waals surface area contributed by atoms with Crippen LogP contribution in [0.15, 0.2) is 30.3 Å². The number of benzene rings is 1. The normalized spacial score (nSPS) is 26.1. The van der Waals surface area contributed by atoms with Crippen molar-refractivity contribution in [3.8, 4) is 6.07 Å². The fraction of sp³-hybridized carbons (Fsp3) is 0.611. The minimum atomic E-state index is -0.209. The average Bonchev–Trinajstić information content (AvgIpc) is 2.57. The van der Waals surface area contributed by atoms with E-state index in [1.165, 1.54) is 24.8 Å². The van der Waals surface area contributed by atoms with Crippen molar-refractivity contribution in [3.05, 3.63) is 35.9 Å². The Kier molecular flexibility index (Phi) is 4.57. The SMILES string of the molecule is N#CC1(N2CCNCC2Cc2ccccc2)CCCCC1. The summed E-state index contributed by atoms with van der Waals surface area (Å²) in [6, 6.07) is 13.8. The second-order valence-corrected chi connectivity index (χ2v) is 6.45. The standard InChI is InChI=1S/C18H25N3/c19-15-18(9-5-2-6-10-18)21-12-11-20-14-17(21)13-16-7-3-1-4-8-16/h1,3-4,7-8,17,20H,2,5-6,9-14H2. The molecule has 1 N–H and O–H groups in total. The Hall–Kier alpha value is -1.37. The maximum atomic E-state index is 9.87. The van der Waals surface area contributed by atoms with E-state index < -0.39 is 0 Å². The molecular weight excluding hydrogens is 258 g/mol. The number of nitrogens with zero attached hydrogens (tertiary/aromatic N) is 2. The Morgan fingerprint density at radius 1 is 1.19 bits per heavy atom. The number of nitrogens with one attached hydrogen (secondary N) is 1. The molecule has 0 aromatic heterocycles. The molecule has 1 aromatic carbocycles. The third-order valence-electron chi connectivity index (χ3n) is 5.10. The Morgan fingerprint density at radius 3 is 2.67 bits per heavy atom. The lowest BCUT2D eigenvalue weighted by atomic mass is 9.79. The van der Waals surface area contributed by atoms with Gasteiger partial charge in [-0.05, 0) is 24.8 Å². The van der Waals surface area contributed by atoms with Crippen molar-refractivity contribution < 1.29 is 0 Å². The molecule has 0 spiro atoms. The first-order valence-electron chi connectivity index (χ1n) is 8.27. The smallest absolute Gasteiger partial charge is 0.109 e. The van der Waals surface area contributed by atoms with Crippen molar-refractivity contribution in [1.82, 2.24) is 10.2 Å². The first-order valence-corrected chi connectivity index (χ1v) is 8.27. The van der Waals surface area contributed by atoms with Crippen molar-refractivity contribution in [1.29, 1.82) is 5.26 Å². The molecule has 1 aliphatic carbocycles. The van der Waals surface area contributed by atoms with Crippen molar-refractivity contribution >= 4 is 0 Å². The summed E-state index contributed by atoms with van der Waals surface area (Å²) in [5.41, 5.74) is 1.17. The molecule has 1 unspecified atom stereocenters. The topological polar surface area (TPSA) is 39.1 Å². The highest BCUT2D eigenvalue weighted by molar-refractivity contribution is 5.18. The van der Waals surface area contributed by atoms with Crippen LogP contribution in [0, 0.1) is 11.3 Å². The fourth-order valence-corrected chi connectivity index (χ4v) is 3.99. The van der Waals surface area contributed by atoms with Gasteiger partial charge in [0.25, 0.3) is 0 Å². The van der Waals surface area contributed by atoms with Crippen molar-refractivity contribution in [2.24, 2.45) is 0 Å². The summed E-state index contributed by atoms with van der Waals surface area (Å²) < 4.78 is 0. The van der Waals surface area contributed by atoms with Crippen LogP contribution < -0.4 is 5.32 Å². The summed E-state index contributed by atoms with van der Waals surface area (Å²) in [5.74, 6) is 0. The van der Waals surface area contributed by atoms with E-state index in [4.69, 9.17) is 0 Å². The van der Waals surface area contributed by atoms with Crippen molar-refractivity contribution in [2.45, 2.75) is 50.1 Å². The molecule has 1 saturated heterocycles. The van der Waals surface area contributed by atoms with Gasteiger partial charge in [0, 0.05) is 25.7 Å². The summed E-state index contributed by atoms with van der Waals surface area (Å²) >= 11 is 0. The third-order valence-corrected chi connectivity index (χ3v) is 5.10. The van der Waals surface area contributed by atoms with E-state index in [0.717, 1.165) is 38.9 Å². The number of nitriles is 1. The lowest BCUT2D eigenvalue weighted by molar-refractivity contribution is 0.0365. The fourth-order valence-electron chi connectivity index (χ4n) is 3.99. The van der Waals surface area contributed by atoms with Gasteiger partial charge >= 0.3 is 0 Å². The predicted octanol–water partition coefficient (Wildman–Crippen LogP) is 2.73. The van der Waals surface area contributed by atoms with E-state index in [1.54, 1.807) is 0 Å². The molecule has 2 aliphatic rings. The van der Waals surface area contributed by atoms with Crippen molar-refractivity contribution in [2.75, 3.05) is 19.6 Å². The van der Waals surface area contributed by atoms with Crippen LogP contribution in [-0.2, 0) is 6.42 Å². The summed E-state index contributed by atoms with van der Waals surface area (Å²) in [6.07, 6.45) is 6.84. The van der Waals surface area contributed by atoms with Gasteiger partial charge in [0.05, 0.1) is 6.07 Å². The number of piperazine rings is 1. The van der Waals surface area contributed by atoms with Crippen LogP contribution in [-0.4, -0.2) is 36.1 Å². The van der Waals surface area contributed by atoms with Gasteiger partial charge in [-0.15, -0.1) is 0 Å². The Bertz CT molecular complexity index is 485. The van der Waals surface area contributed by atoms with E-state index in [-0.39, 0.29) is 5.54 Å². The van der Waals surface area contributed by atoms with Gasteiger partial charge in [-0.25, -0.2) is 0 Å². The molecule has 0 bridgehead atoms. The lowest BCUT2D eigenvalue weighted by Crippen LogP contribution is -2.62. The minimum absolute atomic E-state index is 0.209. The van der Waals surface area contributed by atoms with E-state index in [2.05, 4.69) is 46.6 Å². The van der Waals surface area contributed by atoms with Crippen LogP contribution in [0.3, 0.4) is 0 Å². The molecule has 2 fully saturated rings. The van der Waals surface area contributed by atoms with Gasteiger partial charge in [0.2, 0.25) is 0 Å². The van der Waals surface area contributed by atoms with E-state index in [9.17, 15) is 5.26 Å². The zero-order valence-corrected chi connectivity index (χ0v) is 12.7. The molecule has 1 atom stereocenters. The molecule has 0 radical (unpaired) electrons. The lowest BCUT2D eigenvalue weighted by Gasteiger charge is -2.48. The van der Waals surface area contributed by atoms with Crippen LogP contribution in [0.4, 0.5) is 0 Å². The molecule has 0 amide bonds. The number of hydrogen-bond acceptors (Lipinski definition) is 3. The second-order valence-electron chi connectivity index (χ2n) is 6.45. The molecule has 1 saturated carbocycles. The van der Waals surface area contributed by atoms with Crippen LogP contribution in [0.5, 0.6) is 0 Å². The minimum Gasteiger partial charge on any atom is -0.314 e. The molecular formula is C18H25N3. The molecule has 3 nitrogen and oxygen atoms in total. The maximum absolute atomic E-state index is 9.87. The van der Waals surface area contributed by atoms with Crippen LogP contribution in [0.1, 0.15) is 37.7 Å². The predicted molar refractivity (Wildman–Crippen MR) is 84.9 cm³/mol. The highest BCUT2D eigenvalue weighted by Gasteiger charge is 2.42. The highest BCUT2D eigenvalue weighted by atomic mass is 15.3. The van der Waals surface area contributed by atoms with Gasteiger partial charge in [0.15, 0.2) is 0 Å². The highest BCUT2D eigenvalue weighted by Crippen LogP contribution is 2.35. The Labute approximate surface area is 128 Å². The van der Waals surface area contributed by atoms with Crippen LogP contribution in [0.2, 0.25) is 0 Å². The van der Waals surface area contributed by atoms with Gasteiger partial charge in [0.1, 0.15) is 5.54 Å². The van der Waals surface area contributed by atoms with Gasteiger partial charge in [-0.1, -0.05) is 49.6 Å². The van der Waals surface area contributed by atoms with Crippen LogP contribution in [0.25, 0.3) is 0 Å². The monoisotopic (exact) mass is 283 g/mol. The number of hydrogen-bond donors (Lipinski definition) is 1. The summed E-state index contributed by atoms with van der Waals surface area (Å²) in [4.78, 5) is 2.52. The molecule has 1 aromatic rings. The quantitative estimate of drug-likeness (QED) is 0.927. The molecule has 3 rings (SSSR count). The Morgan fingerprint density at radius 2 is 1.95 bits per heavy atom. The largest absolute Gasteiger partial charge is 0.314 e. The van der Waals surface area contributed by atoms with Gasteiger partial charge < -0.3 is 5.32 Å². The van der Waals surface area contributed by atoms with E-state index in [0.29, 0.717) is 6.04 Å². The molecule has 3 heteroatoms. The van der Waals surface area contributed by atoms with Gasteiger partial charge in [-0.3, -0.25) is 4.90 Å². The van der Waals surface area contributed by atoms with Crippen molar-refractivity contribution in [3.63, 3.8) is 0 Å². The second kappa shape index (κ2) is 6.60. The van der Waals surface area contributed by atoms with Gasteiger partial charge in [-0.2, -0.15) is 5.26 Å². The molecule has 21 heavy (non-hydrogen) atoms. The summed E-state index contributed by atoms with van der Waals surface area (Å²) in [5, 5.41) is 13.4. The third kappa shape index (κ3) is 3.12. The summed E-state index contributed by atoms with van der Waals surface area (Å²) in [7, 11) is 0. The molecule has 1 heterocycles. The first kappa shape index (κ1) is 14.6. The van der Waals surface area contributed by atoms with E-state index >= 15 is 0 Å². The maximum Gasteiger partial charge on any atom is 0.109 e. The molecule has 112 valence electrons. The zero-order chi connectivity index (χ0) is 14.5. The molecule has 1 aliphatic heterocycles. The number of rotatable bonds is 3.